The minimum atomic E-state index is -1.51. The largest absolute Gasteiger partial charge is 0.388 e. The third kappa shape index (κ3) is 2.16. The summed E-state index contributed by atoms with van der Waals surface area (Å²) < 4.78 is 0. The lowest BCUT2D eigenvalue weighted by molar-refractivity contribution is -0.163. The van der Waals surface area contributed by atoms with Crippen LogP contribution < -0.4 is 0 Å². The molecule has 5 nitrogen and oxygen atoms in total. The Labute approximate surface area is 164 Å². The maximum atomic E-state index is 12.4. The number of carbonyl (C=O) groups excluding carboxylic acids is 3. The molecule has 3 saturated carbocycles. The molecule has 0 bridgehead atoms. The molecule has 148 valence electrons. The maximum absolute atomic E-state index is 12.4. The van der Waals surface area contributed by atoms with Crippen molar-refractivity contribution < 1.29 is 24.6 Å². The summed E-state index contributed by atoms with van der Waals surface area (Å²) in [5.41, 5.74) is -1.73. The Morgan fingerprint density at radius 3 is 2.56 bits per heavy atom. The predicted octanol–water partition coefficient (Wildman–Crippen LogP) is 2.35. The van der Waals surface area contributed by atoms with E-state index in [4.69, 9.17) is 11.6 Å². The molecule has 4 aliphatic carbocycles. The van der Waals surface area contributed by atoms with Crippen LogP contribution in [0.25, 0.3) is 0 Å². The Balaban J connectivity index is 1.76. The summed E-state index contributed by atoms with van der Waals surface area (Å²) in [6.45, 7) is 3.31. The molecule has 0 amide bonds. The van der Waals surface area contributed by atoms with Crippen LogP contribution in [0.2, 0.25) is 0 Å². The van der Waals surface area contributed by atoms with Gasteiger partial charge in [-0.15, -0.1) is 11.6 Å². The fourth-order valence-corrected chi connectivity index (χ4v) is 7.50. The number of ketones is 3. The van der Waals surface area contributed by atoms with E-state index in [1.807, 2.05) is 13.8 Å². The number of hydrogen-bond donors (Lipinski definition) is 2. The molecular weight excluding hydrogens is 368 g/mol. The first-order chi connectivity index (χ1) is 12.5. The Bertz CT molecular complexity index is 775. The third-order valence-electron chi connectivity index (χ3n) is 8.71. The summed E-state index contributed by atoms with van der Waals surface area (Å²) in [6, 6.07) is 0. The SMILES string of the molecule is C[C@]12CC(=O)C(=O)C=C1CC[C@H]1[C@@H]3CC[C@](O)(C(=O)CO)[C@@]3(C)CC[C@@]12Cl. The summed E-state index contributed by atoms with van der Waals surface area (Å²) in [4.78, 5) is 35.9. The zero-order chi connectivity index (χ0) is 19.8. The van der Waals surface area contributed by atoms with Crippen LogP contribution in [0.1, 0.15) is 58.8 Å². The quantitative estimate of drug-likeness (QED) is 0.554. The summed E-state index contributed by atoms with van der Waals surface area (Å²) in [5, 5.41) is 20.6. The lowest BCUT2D eigenvalue weighted by Crippen LogP contribution is -2.64. The van der Waals surface area contributed by atoms with Crippen LogP contribution in [0, 0.1) is 22.7 Å². The second kappa shape index (κ2) is 5.74. The van der Waals surface area contributed by atoms with Crippen molar-refractivity contribution in [3.63, 3.8) is 0 Å². The number of alkyl halides is 1. The van der Waals surface area contributed by atoms with Gasteiger partial charge in [0.2, 0.25) is 11.6 Å². The summed E-state index contributed by atoms with van der Waals surface area (Å²) >= 11 is 7.32. The molecule has 3 fully saturated rings. The lowest BCUT2D eigenvalue weighted by atomic mass is 9.45. The van der Waals surface area contributed by atoms with Crippen molar-refractivity contribution in [1.82, 2.24) is 0 Å². The van der Waals surface area contributed by atoms with E-state index in [-0.39, 0.29) is 24.0 Å². The lowest BCUT2D eigenvalue weighted by Gasteiger charge is -2.62. The molecule has 0 aromatic carbocycles. The van der Waals surface area contributed by atoms with Gasteiger partial charge in [0, 0.05) is 17.3 Å². The van der Waals surface area contributed by atoms with Crippen LogP contribution in [0.3, 0.4) is 0 Å². The van der Waals surface area contributed by atoms with Gasteiger partial charge in [-0.25, -0.2) is 0 Å². The molecule has 0 aromatic heterocycles. The summed E-state index contributed by atoms with van der Waals surface area (Å²) in [6.07, 6.45) is 5.30. The highest BCUT2D eigenvalue weighted by atomic mass is 35.5. The number of hydrogen-bond acceptors (Lipinski definition) is 5. The molecule has 0 radical (unpaired) electrons. The first kappa shape index (κ1) is 19.3. The first-order valence-electron chi connectivity index (χ1n) is 9.87. The van der Waals surface area contributed by atoms with Gasteiger partial charge in [-0.3, -0.25) is 14.4 Å². The van der Waals surface area contributed by atoms with Gasteiger partial charge in [-0.1, -0.05) is 19.4 Å². The molecule has 4 rings (SSSR count). The molecular formula is C21H27ClO5. The van der Waals surface area contributed by atoms with Gasteiger partial charge >= 0.3 is 0 Å². The highest BCUT2D eigenvalue weighted by Crippen LogP contribution is 2.70. The molecule has 0 unspecified atom stereocenters. The summed E-state index contributed by atoms with van der Waals surface area (Å²) in [5.74, 6) is -1.20. The van der Waals surface area contributed by atoms with Crippen molar-refractivity contribution in [3.8, 4) is 0 Å². The fourth-order valence-electron chi connectivity index (χ4n) is 6.95. The predicted molar refractivity (Wildman–Crippen MR) is 99.2 cm³/mol. The number of halogens is 1. The van der Waals surface area contributed by atoms with Crippen LogP contribution in [-0.4, -0.2) is 44.6 Å². The van der Waals surface area contributed by atoms with Gasteiger partial charge in [0.05, 0.1) is 4.87 Å². The van der Waals surface area contributed by atoms with E-state index in [1.54, 1.807) is 0 Å². The minimum Gasteiger partial charge on any atom is -0.388 e. The second-order valence-corrected chi connectivity index (χ2v) is 10.2. The molecule has 6 heteroatoms. The van der Waals surface area contributed by atoms with E-state index in [2.05, 4.69) is 0 Å². The van der Waals surface area contributed by atoms with Crippen molar-refractivity contribution in [2.75, 3.05) is 6.61 Å². The number of fused-ring (bicyclic) bond motifs is 5. The molecule has 6 atom stereocenters. The number of aliphatic hydroxyl groups is 2. The highest BCUT2D eigenvalue weighted by molar-refractivity contribution is 6.43. The average molecular weight is 395 g/mol. The van der Waals surface area contributed by atoms with E-state index in [9.17, 15) is 24.6 Å². The van der Waals surface area contributed by atoms with E-state index < -0.39 is 39.5 Å². The molecule has 0 saturated heterocycles. The Morgan fingerprint density at radius 1 is 1.19 bits per heavy atom. The Hall–Kier alpha value is -1.04. The van der Waals surface area contributed by atoms with Crippen molar-refractivity contribution in [2.24, 2.45) is 22.7 Å². The fraction of sp³-hybridized carbons (Fsp3) is 0.762. The van der Waals surface area contributed by atoms with Crippen LogP contribution in [0.4, 0.5) is 0 Å². The van der Waals surface area contributed by atoms with Gasteiger partial charge in [0.1, 0.15) is 12.2 Å². The Kier molecular flexibility index (Phi) is 4.10. The monoisotopic (exact) mass is 394 g/mol. The molecule has 2 N–H and O–H groups in total. The third-order valence-corrected chi connectivity index (χ3v) is 9.60. The van der Waals surface area contributed by atoms with Gasteiger partial charge in [-0.2, -0.15) is 0 Å². The van der Waals surface area contributed by atoms with Gasteiger partial charge in [0.25, 0.3) is 0 Å². The minimum absolute atomic E-state index is 0.0513. The van der Waals surface area contributed by atoms with Crippen LogP contribution >= 0.6 is 11.6 Å². The number of Topliss-reactive ketones (excluding diaryl/α,β-unsaturated/α-hetero) is 2. The topological polar surface area (TPSA) is 91.7 Å². The van der Waals surface area contributed by atoms with E-state index in [0.717, 1.165) is 12.0 Å². The van der Waals surface area contributed by atoms with E-state index in [0.29, 0.717) is 32.1 Å². The van der Waals surface area contributed by atoms with Gasteiger partial charge in [0.15, 0.2) is 5.78 Å². The molecule has 0 aliphatic heterocycles. The number of rotatable bonds is 2. The van der Waals surface area contributed by atoms with Crippen molar-refractivity contribution >= 4 is 29.0 Å². The second-order valence-electron chi connectivity index (χ2n) is 9.48. The van der Waals surface area contributed by atoms with Crippen LogP contribution in [0.5, 0.6) is 0 Å². The van der Waals surface area contributed by atoms with Crippen LogP contribution in [0.15, 0.2) is 11.6 Å². The molecule has 27 heavy (non-hydrogen) atoms. The van der Waals surface area contributed by atoms with E-state index >= 15 is 0 Å². The highest BCUT2D eigenvalue weighted by Gasteiger charge is 2.70. The van der Waals surface area contributed by atoms with Crippen molar-refractivity contribution in [3.05, 3.63) is 11.6 Å². The number of carbonyl (C=O) groups is 3. The number of allylic oxidation sites excluding steroid dienone is 1. The molecule has 4 aliphatic rings. The van der Waals surface area contributed by atoms with Crippen LogP contribution in [-0.2, 0) is 14.4 Å². The van der Waals surface area contributed by atoms with Crippen molar-refractivity contribution in [2.45, 2.75) is 69.3 Å². The van der Waals surface area contributed by atoms with Gasteiger partial charge in [-0.05, 0) is 56.4 Å². The normalized spacial score (nSPS) is 49.1. The number of aliphatic hydroxyl groups excluding tert-OH is 1. The zero-order valence-corrected chi connectivity index (χ0v) is 16.6. The maximum Gasteiger partial charge on any atom is 0.221 e. The first-order valence-corrected chi connectivity index (χ1v) is 10.2. The summed E-state index contributed by atoms with van der Waals surface area (Å²) in [7, 11) is 0. The van der Waals surface area contributed by atoms with Gasteiger partial charge < -0.3 is 10.2 Å². The zero-order valence-electron chi connectivity index (χ0n) is 15.9. The molecule has 0 heterocycles. The molecule has 0 aromatic rings. The Morgan fingerprint density at radius 2 is 1.89 bits per heavy atom. The molecule has 0 spiro atoms. The average Bonchev–Trinajstić information content (AvgIpc) is 2.90. The standard InChI is InChI=1S/C21H27ClO5/c1-18-7-8-20(22)14(13(18)5-6-21(18,27)17(26)11-23)4-3-12-9-15(24)16(25)10-19(12,20)2/h9,13-14,23,27H,3-8,10-11H2,1-2H3/t13-,14-,18-,19-,20+,21-/m0/s1. The van der Waals surface area contributed by atoms with E-state index in [1.165, 1.54) is 6.08 Å². The smallest absolute Gasteiger partial charge is 0.221 e. The van der Waals surface area contributed by atoms with Crippen molar-refractivity contribution in [1.29, 1.82) is 0 Å².